The number of hydrogen-bond acceptors (Lipinski definition) is 3. The first-order valence-corrected chi connectivity index (χ1v) is 3.32. The van der Waals surface area contributed by atoms with Crippen LogP contribution < -0.4 is 0 Å². The van der Waals surface area contributed by atoms with Gasteiger partial charge in [-0.05, 0) is 27.7 Å². The molecule has 67 valence electrons. The normalized spacial score (nSPS) is 7.00. The maximum absolute atomic E-state index is 10.0. The molecule has 12 heavy (non-hydrogen) atoms. The molecule has 0 aromatic heterocycles. The van der Waals surface area contributed by atoms with Crippen molar-refractivity contribution in [1.82, 2.24) is 0 Å². The third-order valence-corrected chi connectivity index (χ3v) is 0.498. The number of ketones is 3. The predicted octanol–water partition coefficient (Wildman–Crippen LogP) is 1.15. The summed E-state index contributed by atoms with van der Waals surface area (Å²) in [5.74, 6) is 0.0417. The standard InChI is InChI=1S/C5H8O2.C3H6O.La/c1-4(6)3-5(2)7;1-3(2)4;/h3H2,1-2H3;1-2H3;. The van der Waals surface area contributed by atoms with Gasteiger partial charge < -0.3 is 4.79 Å². The van der Waals surface area contributed by atoms with E-state index in [4.69, 9.17) is 0 Å². The van der Waals surface area contributed by atoms with Crippen molar-refractivity contribution in [1.29, 1.82) is 0 Å². The fraction of sp³-hybridized carbons (Fsp3) is 0.625. The maximum atomic E-state index is 10.0. The zero-order valence-electron chi connectivity index (χ0n) is 8.01. The van der Waals surface area contributed by atoms with Crippen molar-refractivity contribution in [3.63, 3.8) is 0 Å². The molecule has 1 radical (unpaired) electrons. The van der Waals surface area contributed by atoms with Crippen molar-refractivity contribution in [2.75, 3.05) is 0 Å². The first kappa shape index (κ1) is 18.1. The monoisotopic (exact) mass is 297 g/mol. The Morgan fingerprint density at radius 2 is 1.00 bits per heavy atom. The fourth-order valence-corrected chi connectivity index (χ4v) is 0.351. The number of rotatable bonds is 2. The molecule has 0 bridgehead atoms. The minimum Gasteiger partial charge on any atom is -0.300 e. The third kappa shape index (κ3) is 48.9. The summed E-state index contributed by atoms with van der Waals surface area (Å²) in [5.41, 5.74) is 0. The molecule has 0 saturated carbocycles. The van der Waals surface area contributed by atoms with Gasteiger partial charge >= 0.3 is 0 Å². The van der Waals surface area contributed by atoms with E-state index in [0.29, 0.717) is 0 Å². The van der Waals surface area contributed by atoms with E-state index in [1.807, 2.05) is 0 Å². The smallest absolute Gasteiger partial charge is 0.137 e. The van der Waals surface area contributed by atoms with Gasteiger partial charge in [0.1, 0.15) is 17.3 Å². The van der Waals surface area contributed by atoms with E-state index < -0.39 is 0 Å². The molecule has 0 aliphatic carbocycles. The molecule has 0 atom stereocenters. The van der Waals surface area contributed by atoms with Gasteiger partial charge in [0.15, 0.2) is 0 Å². The Labute approximate surface area is 101 Å². The van der Waals surface area contributed by atoms with Crippen LogP contribution in [-0.4, -0.2) is 17.3 Å². The molecule has 0 aromatic rings. The summed E-state index contributed by atoms with van der Waals surface area (Å²) in [4.78, 5) is 29.5. The van der Waals surface area contributed by atoms with Crippen LogP contribution in [0.1, 0.15) is 34.1 Å². The summed E-state index contributed by atoms with van der Waals surface area (Å²) in [7, 11) is 0. The summed E-state index contributed by atoms with van der Waals surface area (Å²) >= 11 is 0. The van der Waals surface area contributed by atoms with E-state index in [1.54, 1.807) is 0 Å². The Bertz CT molecular complexity index is 148. The first-order valence-electron chi connectivity index (χ1n) is 3.32. The molecule has 0 rings (SSSR count). The molecule has 4 heteroatoms. The van der Waals surface area contributed by atoms with Crippen molar-refractivity contribution in [2.24, 2.45) is 0 Å². The molecule has 0 heterocycles. The van der Waals surface area contributed by atoms with Gasteiger partial charge in [-0.15, -0.1) is 0 Å². The summed E-state index contributed by atoms with van der Waals surface area (Å²) in [6.07, 6.45) is 0.0833. The van der Waals surface area contributed by atoms with Crippen LogP contribution in [0.3, 0.4) is 0 Å². The molecule has 0 fully saturated rings. The molecule has 0 spiro atoms. The van der Waals surface area contributed by atoms with E-state index in [9.17, 15) is 14.4 Å². The van der Waals surface area contributed by atoms with E-state index in [-0.39, 0.29) is 59.4 Å². The Balaban J connectivity index is -0.000000142. The molecule has 3 nitrogen and oxygen atoms in total. The van der Waals surface area contributed by atoms with Gasteiger partial charge in [0.2, 0.25) is 0 Å². The summed E-state index contributed by atoms with van der Waals surface area (Å²) in [6.45, 7) is 5.86. The van der Waals surface area contributed by atoms with E-state index in [0.717, 1.165) is 0 Å². The van der Waals surface area contributed by atoms with Crippen LogP contribution >= 0.6 is 0 Å². The van der Waals surface area contributed by atoms with Crippen LogP contribution in [0.15, 0.2) is 0 Å². The molecule has 0 aliphatic rings. The molecule has 0 saturated heterocycles. The summed E-state index contributed by atoms with van der Waals surface area (Å²) < 4.78 is 0. The second-order valence-corrected chi connectivity index (χ2v) is 2.49. The van der Waals surface area contributed by atoms with Crippen molar-refractivity contribution in [2.45, 2.75) is 34.1 Å². The van der Waals surface area contributed by atoms with Gasteiger partial charge in [0.05, 0.1) is 6.42 Å². The van der Waals surface area contributed by atoms with Gasteiger partial charge in [-0.1, -0.05) is 0 Å². The van der Waals surface area contributed by atoms with E-state index in [2.05, 4.69) is 0 Å². The van der Waals surface area contributed by atoms with E-state index >= 15 is 0 Å². The van der Waals surface area contributed by atoms with Crippen LogP contribution in [0.2, 0.25) is 0 Å². The Morgan fingerprint density at radius 3 is 1.00 bits per heavy atom. The second kappa shape index (κ2) is 11.2. The second-order valence-electron chi connectivity index (χ2n) is 2.49. The predicted molar refractivity (Wildman–Crippen MR) is 42.3 cm³/mol. The van der Waals surface area contributed by atoms with Crippen molar-refractivity contribution < 1.29 is 50.0 Å². The fourth-order valence-electron chi connectivity index (χ4n) is 0.351. The molecular formula is C8H14LaO3. The third-order valence-electron chi connectivity index (χ3n) is 0.498. The minimum atomic E-state index is -0.0625. The summed E-state index contributed by atoms with van der Waals surface area (Å²) in [5, 5.41) is 0. The maximum Gasteiger partial charge on any atom is 0.137 e. The average molecular weight is 297 g/mol. The van der Waals surface area contributed by atoms with Crippen molar-refractivity contribution >= 4 is 17.3 Å². The van der Waals surface area contributed by atoms with Gasteiger partial charge in [0.25, 0.3) is 0 Å². The number of hydrogen-bond donors (Lipinski definition) is 0. The van der Waals surface area contributed by atoms with Crippen LogP contribution in [0.4, 0.5) is 0 Å². The van der Waals surface area contributed by atoms with Gasteiger partial charge in [0, 0.05) is 35.6 Å². The molecule has 0 aromatic carbocycles. The first-order chi connectivity index (χ1) is 4.86. The Morgan fingerprint density at radius 1 is 0.833 bits per heavy atom. The largest absolute Gasteiger partial charge is 0.300 e. The topological polar surface area (TPSA) is 51.2 Å². The van der Waals surface area contributed by atoms with Crippen LogP contribution in [-0.2, 0) is 14.4 Å². The Hall–Kier alpha value is 0.205. The Kier molecular flexibility index (Phi) is 16.9. The molecule has 0 unspecified atom stereocenters. The minimum absolute atomic E-state index is 0. The van der Waals surface area contributed by atoms with Crippen LogP contribution in [0.25, 0.3) is 0 Å². The molecule has 0 aliphatic heterocycles. The quantitative estimate of drug-likeness (QED) is 0.718. The average Bonchev–Trinajstić information content (AvgIpc) is 1.56. The van der Waals surface area contributed by atoms with Gasteiger partial charge in [-0.3, -0.25) is 9.59 Å². The van der Waals surface area contributed by atoms with Crippen molar-refractivity contribution in [3.8, 4) is 0 Å². The van der Waals surface area contributed by atoms with Gasteiger partial charge in [-0.2, -0.15) is 0 Å². The zero-order valence-corrected chi connectivity index (χ0v) is 11.6. The van der Waals surface area contributed by atoms with Gasteiger partial charge in [-0.25, -0.2) is 0 Å². The van der Waals surface area contributed by atoms with Crippen LogP contribution in [0.5, 0.6) is 0 Å². The number of Topliss-reactive ketones (excluding diaryl/α,β-unsaturated/α-hetero) is 3. The molecular weight excluding hydrogens is 283 g/mol. The SMILES string of the molecule is CC(=O)CC(C)=O.CC(C)=O.[La]. The zero-order chi connectivity index (χ0) is 9.44. The molecule has 0 amide bonds. The number of carbonyl (C=O) groups is 3. The van der Waals surface area contributed by atoms with Crippen molar-refractivity contribution in [3.05, 3.63) is 0 Å². The van der Waals surface area contributed by atoms with E-state index in [1.165, 1.54) is 27.7 Å². The number of carbonyl (C=O) groups excluding carboxylic acids is 3. The van der Waals surface area contributed by atoms with Crippen LogP contribution in [0, 0.1) is 35.6 Å². The molecule has 0 N–H and O–H groups in total. The summed E-state index contributed by atoms with van der Waals surface area (Å²) in [6, 6.07) is 0.